The molecule has 84 valence electrons. The molecule has 0 saturated heterocycles. The normalized spacial score (nSPS) is 11.8. The molecule has 0 spiro atoms. The second-order valence-electron chi connectivity index (χ2n) is 4.44. The molecule has 0 aliphatic rings. The van der Waals surface area contributed by atoms with Crippen LogP contribution in [0, 0.1) is 12.8 Å². The molecule has 0 amide bonds. The average molecular weight is 206 g/mol. The van der Waals surface area contributed by atoms with Crippen molar-refractivity contribution in [2.45, 2.75) is 40.0 Å². The maximum absolute atomic E-state index is 8.00. The number of hydrogen-bond acceptors (Lipinski definition) is 1. The second-order valence-corrected chi connectivity index (χ2v) is 4.44. The third-order valence-electron chi connectivity index (χ3n) is 2.47. The minimum absolute atomic E-state index is 0.695. The molecule has 0 radical (unpaired) electrons. The molecule has 0 aromatic heterocycles. The second kappa shape index (κ2) is 7.22. The predicted molar refractivity (Wildman–Crippen MR) is 66.2 cm³/mol. The number of rotatable bonds is 3. The molecule has 0 aliphatic heterocycles. The fourth-order valence-corrected chi connectivity index (χ4v) is 1.74. The van der Waals surface area contributed by atoms with Gasteiger partial charge in [0.15, 0.2) is 0 Å². The van der Waals surface area contributed by atoms with Gasteiger partial charge in [-0.25, -0.2) is 0 Å². The van der Waals surface area contributed by atoms with Crippen molar-refractivity contribution in [1.82, 2.24) is 0 Å². The molecule has 0 saturated carbocycles. The minimum atomic E-state index is 0.695. The molecule has 1 heteroatoms. The van der Waals surface area contributed by atoms with E-state index in [9.17, 15) is 0 Å². The molecule has 0 heterocycles. The monoisotopic (exact) mass is 206 g/mol. The summed E-state index contributed by atoms with van der Waals surface area (Å²) in [6.07, 6.45) is 1.28. The maximum atomic E-state index is 8.00. The van der Waals surface area contributed by atoms with E-state index < -0.39 is 0 Å². The van der Waals surface area contributed by atoms with Crippen molar-refractivity contribution in [1.29, 1.82) is 0 Å². The SMILES string of the molecule is C=O.Cc1ccc(C(C)CC(C)C)cc1. The van der Waals surface area contributed by atoms with Crippen LogP contribution in [0.15, 0.2) is 24.3 Å². The van der Waals surface area contributed by atoms with Gasteiger partial charge in [0.2, 0.25) is 0 Å². The Bertz CT molecular complexity index is 261. The minimum Gasteiger partial charge on any atom is -0.307 e. The summed E-state index contributed by atoms with van der Waals surface area (Å²) in [5, 5.41) is 0. The topological polar surface area (TPSA) is 17.1 Å². The molecule has 1 atom stereocenters. The largest absolute Gasteiger partial charge is 0.307 e. The summed E-state index contributed by atoms with van der Waals surface area (Å²) in [5.41, 5.74) is 2.82. The van der Waals surface area contributed by atoms with Gasteiger partial charge in [-0.1, -0.05) is 50.6 Å². The summed E-state index contributed by atoms with van der Waals surface area (Å²) in [5.74, 6) is 1.48. The highest BCUT2D eigenvalue weighted by Gasteiger charge is 2.06. The summed E-state index contributed by atoms with van der Waals surface area (Å²) >= 11 is 0. The summed E-state index contributed by atoms with van der Waals surface area (Å²) < 4.78 is 0. The van der Waals surface area contributed by atoms with Crippen LogP contribution in [0.2, 0.25) is 0 Å². The van der Waals surface area contributed by atoms with Gasteiger partial charge in [-0.05, 0) is 30.7 Å². The van der Waals surface area contributed by atoms with Gasteiger partial charge in [0.05, 0.1) is 0 Å². The molecule has 0 fully saturated rings. The van der Waals surface area contributed by atoms with E-state index in [1.807, 2.05) is 6.79 Å². The van der Waals surface area contributed by atoms with Gasteiger partial charge in [0.25, 0.3) is 0 Å². The first kappa shape index (κ1) is 13.9. The highest BCUT2D eigenvalue weighted by atomic mass is 16.1. The van der Waals surface area contributed by atoms with Crippen LogP contribution in [0.25, 0.3) is 0 Å². The molecule has 1 unspecified atom stereocenters. The number of benzene rings is 1. The van der Waals surface area contributed by atoms with Gasteiger partial charge < -0.3 is 4.79 Å². The lowest BCUT2D eigenvalue weighted by atomic mass is 9.92. The molecule has 1 aromatic carbocycles. The lowest BCUT2D eigenvalue weighted by Gasteiger charge is -2.14. The maximum Gasteiger partial charge on any atom is 0.106 e. The van der Waals surface area contributed by atoms with Gasteiger partial charge in [0.1, 0.15) is 6.79 Å². The third-order valence-corrected chi connectivity index (χ3v) is 2.47. The first-order valence-corrected chi connectivity index (χ1v) is 5.45. The van der Waals surface area contributed by atoms with E-state index in [4.69, 9.17) is 4.79 Å². The Morgan fingerprint density at radius 2 is 1.53 bits per heavy atom. The molecule has 1 nitrogen and oxygen atoms in total. The molecular weight excluding hydrogens is 184 g/mol. The van der Waals surface area contributed by atoms with Crippen LogP contribution in [-0.4, -0.2) is 6.79 Å². The van der Waals surface area contributed by atoms with Crippen LogP contribution >= 0.6 is 0 Å². The summed E-state index contributed by atoms with van der Waals surface area (Å²) in [4.78, 5) is 8.00. The average Bonchev–Trinajstić information content (AvgIpc) is 2.20. The van der Waals surface area contributed by atoms with Crippen molar-refractivity contribution in [2.24, 2.45) is 5.92 Å². The Balaban J connectivity index is 0.000000921. The van der Waals surface area contributed by atoms with Crippen LogP contribution < -0.4 is 0 Å². The quantitative estimate of drug-likeness (QED) is 0.731. The van der Waals surface area contributed by atoms with E-state index in [2.05, 4.69) is 52.0 Å². The molecule has 0 N–H and O–H groups in total. The molecule has 1 aromatic rings. The van der Waals surface area contributed by atoms with Gasteiger partial charge in [-0.3, -0.25) is 0 Å². The van der Waals surface area contributed by atoms with Crippen LogP contribution in [0.3, 0.4) is 0 Å². The fourth-order valence-electron chi connectivity index (χ4n) is 1.74. The van der Waals surface area contributed by atoms with E-state index in [0.29, 0.717) is 5.92 Å². The van der Waals surface area contributed by atoms with Crippen molar-refractivity contribution in [2.75, 3.05) is 0 Å². The lowest BCUT2D eigenvalue weighted by molar-refractivity contribution is -0.0979. The standard InChI is InChI=1S/C13H20.CH2O/c1-10(2)9-12(4)13-7-5-11(3)6-8-13;1-2/h5-8,10,12H,9H2,1-4H3;1H2. The van der Waals surface area contributed by atoms with Crippen molar-refractivity contribution in [3.63, 3.8) is 0 Å². The van der Waals surface area contributed by atoms with Crippen molar-refractivity contribution < 1.29 is 4.79 Å². The summed E-state index contributed by atoms with van der Waals surface area (Å²) in [7, 11) is 0. The molecule has 0 bridgehead atoms. The number of hydrogen-bond donors (Lipinski definition) is 0. The van der Waals surface area contributed by atoms with Crippen LogP contribution in [-0.2, 0) is 4.79 Å². The van der Waals surface area contributed by atoms with Crippen LogP contribution in [0.4, 0.5) is 0 Å². The van der Waals surface area contributed by atoms with Crippen LogP contribution in [0.1, 0.15) is 44.2 Å². The van der Waals surface area contributed by atoms with E-state index in [1.165, 1.54) is 17.5 Å². The predicted octanol–water partition coefficient (Wildman–Crippen LogP) is 3.96. The Morgan fingerprint density at radius 3 is 1.93 bits per heavy atom. The molecule has 15 heavy (non-hydrogen) atoms. The first-order valence-electron chi connectivity index (χ1n) is 5.45. The number of carbonyl (C=O) groups is 1. The summed E-state index contributed by atoms with van der Waals surface area (Å²) in [6, 6.07) is 8.91. The zero-order valence-electron chi connectivity index (χ0n) is 10.3. The Hall–Kier alpha value is -1.11. The molecule has 0 aliphatic carbocycles. The zero-order chi connectivity index (χ0) is 11.8. The number of carbonyl (C=O) groups excluding carboxylic acids is 1. The van der Waals surface area contributed by atoms with Gasteiger partial charge in [-0.2, -0.15) is 0 Å². The third kappa shape index (κ3) is 5.36. The van der Waals surface area contributed by atoms with E-state index in [1.54, 1.807) is 0 Å². The zero-order valence-corrected chi connectivity index (χ0v) is 10.3. The molecule has 1 rings (SSSR count). The van der Waals surface area contributed by atoms with Gasteiger partial charge in [0, 0.05) is 0 Å². The van der Waals surface area contributed by atoms with Crippen molar-refractivity contribution in [3.8, 4) is 0 Å². The van der Waals surface area contributed by atoms with Gasteiger partial charge in [-0.15, -0.1) is 0 Å². The number of aryl methyl sites for hydroxylation is 1. The first-order chi connectivity index (χ1) is 7.09. The van der Waals surface area contributed by atoms with Crippen molar-refractivity contribution in [3.05, 3.63) is 35.4 Å². The lowest BCUT2D eigenvalue weighted by Crippen LogP contribution is -1.98. The van der Waals surface area contributed by atoms with E-state index in [-0.39, 0.29) is 0 Å². The highest BCUT2D eigenvalue weighted by molar-refractivity contribution is 5.23. The fraction of sp³-hybridized carbons (Fsp3) is 0.500. The van der Waals surface area contributed by atoms with Crippen molar-refractivity contribution >= 4 is 6.79 Å². The summed E-state index contributed by atoms with van der Waals surface area (Å²) in [6.45, 7) is 11.0. The Morgan fingerprint density at radius 1 is 1.07 bits per heavy atom. The smallest absolute Gasteiger partial charge is 0.106 e. The van der Waals surface area contributed by atoms with Crippen LogP contribution in [0.5, 0.6) is 0 Å². The highest BCUT2D eigenvalue weighted by Crippen LogP contribution is 2.22. The Labute approximate surface area is 93.5 Å². The van der Waals surface area contributed by atoms with Gasteiger partial charge >= 0.3 is 0 Å². The van der Waals surface area contributed by atoms with E-state index in [0.717, 1.165) is 5.92 Å². The molecular formula is C14H22O. The Kier molecular flexibility index (Phi) is 6.68. The van der Waals surface area contributed by atoms with E-state index >= 15 is 0 Å².